The molecule has 0 aliphatic heterocycles. The van der Waals surface area contributed by atoms with Crippen LogP contribution < -0.4 is 0 Å². The Bertz CT molecular complexity index is 434. The van der Waals surface area contributed by atoms with Crippen LogP contribution >= 0.6 is 0 Å². The second kappa shape index (κ2) is 11.0. The first-order valence-electron chi connectivity index (χ1n) is 8.06. The third-order valence-corrected chi connectivity index (χ3v) is 3.69. The number of carboxylic acid groups (broad SMARTS) is 2. The minimum absolute atomic E-state index is 0.475. The molecule has 0 aromatic heterocycles. The minimum atomic E-state index is -1.38. The third kappa shape index (κ3) is 9.89. The van der Waals surface area contributed by atoms with Crippen LogP contribution in [0, 0.1) is 11.8 Å². The first-order valence-corrected chi connectivity index (χ1v) is 8.06. The van der Waals surface area contributed by atoms with Crippen LogP contribution in [0.25, 0.3) is 0 Å². The Morgan fingerprint density at radius 1 is 1.09 bits per heavy atom. The zero-order valence-corrected chi connectivity index (χ0v) is 15.0. The molecule has 0 heterocycles. The molecule has 132 valence electrons. The van der Waals surface area contributed by atoms with Gasteiger partial charge in [0.05, 0.1) is 0 Å². The van der Waals surface area contributed by atoms with E-state index in [0.717, 1.165) is 31.4 Å². The van der Waals surface area contributed by atoms with E-state index in [2.05, 4.69) is 6.08 Å². The van der Waals surface area contributed by atoms with Gasteiger partial charge in [0.2, 0.25) is 0 Å². The molecule has 0 aliphatic carbocycles. The summed E-state index contributed by atoms with van der Waals surface area (Å²) in [6.07, 6.45) is 7.01. The molecule has 0 bridgehead atoms. The SMILES string of the molecule is CC(C)=CCC/C(C)=C/C(CCCN(C)C)C(C(=O)O)C(=O)O. The zero-order chi connectivity index (χ0) is 18.0. The highest BCUT2D eigenvalue weighted by molar-refractivity contribution is 5.93. The number of rotatable bonds is 11. The molecule has 0 spiro atoms. The summed E-state index contributed by atoms with van der Waals surface area (Å²) in [5, 5.41) is 18.5. The molecule has 1 atom stereocenters. The van der Waals surface area contributed by atoms with Crippen molar-refractivity contribution in [1.82, 2.24) is 4.90 Å². The average Bonchev–Trinajstić information content (AvgIpc) is 2.36. The number of allylic oxidation sites excluding steroid dienone is 4. The Morgan fingerprint density at radius 2 is 1.65 bits per heavy atom. The van der Waals surface area contributed by atoms with Gasteiger partial charge in [0.25, 0.3) is 0 Å². The van der Waals surface area contributed by atoms with Gasteiger partial charge in [-0.1, -0.05) is 23.3 Å². The van der Waals surface area contributed by atoms with Crippen LogP contribution in [0.5, 0.6) is 0 Å². The Labute approximate surface area is 139 Å². The topological polar surface area (TPSA) is 77.8 Å². The molecule has 5 nitrogen and oxygen atoms in total. The highest BCUT2D eigenvalue weighted by Gasteiger charge is 2.33. The highest BCUT2D eigenvalue weighted by Crippen LogP contribution is 2.23. The number of carbonyl (C=O) groups is 2. The fourth-order valence-electron chi connectivity index (χ4n) is 2.50. The maximum Gasteiger partial charge on any atom is 0.318 e. The minimum Gasteiger partial charge on any atom is -0.481 e. The second-order valence-corrected chi connectivity index (χ2v) is 6.60. The van der Waals surface area contributed by atoms with Crippen molar-refractivity contribution in [1.29, 1.82) is 0 Å². The van der Waals surface area contributed by atoms with Gasteiger partial charge in [0.15, 0.2) is 5.92 Å². The van der Waals surface area contributed by atoms with Crippen LogP contribution in [0.1, 0.15) is 46.5 Å². The summed E-state index contributed by atoms with van der Waals surface area (Å²) in [6, 6.07) is 0. The van der Waals surface area contributed by atoms with Crippen molar-refractivity contribution in [2.24, 2.45) is 11.8 Å². The molecule has 1 unspecified atom stereocenters. The van der Waals surface area contributed by atoms with Gasteiger partial charge in [0, 0.05) is 5.92 Å². The van der Waals surface area contributed by atoms with Crippen molar-refractivity contribution < 1.29 is 19.8 Å². The van der Waals surface area contributed by atoms with Crippen molar-refractivity contribution in [2.45, 2.75) is 46.5 Å². The Balaban J connectivity index is 5.04. The van der Waals surface area contributed by atoms with E-state index in [1.54, 1.807) is 0 Å². The lowest BCUT2D eigenvalue weighted by Crippen LogP contribution is -2.31. The fraction of sp³-hybridized carbons (Fsp3) is 0.667. The Morgan fingerprint density at radius 3 is 2.09 bits per heavy atom. The van der Waals surface area contributed by atoms with Gasteiger partial charge in [-0.2, -0.15) is 0 Å². The standard InChI is InChI=1S/C18H31NO4/c1-13(2)8-6-9-14(3)12-15(10-7-11-19(4)5)16(17(20)21)18(22)23/h8,12,15-16H,6-7,9-11H2,1-5H3,(H,20,21)(H,22,23)/b14-12+. The number of carboxylic acids is 2. The summed E-state index contributed by atoms with van der Waals surface area (Å²) in [6.45, 7) is 6.83. The van der Waals surface area contributed by atoms with E-state index < -0.39 is 23.8 Å². The first kappa shape index (κ1) is 21.4. The molecule has 0 fully saturated rings. The molecule has 2 N–H and O–H groups in total. The monoisotopic (exact) mass is 325 g/mol. The first-order chi connectivity index (χ1) is 10.6. The van der Waals surface area contributed by atoms with Gasteiger partial charge < -0.3 is 15.1 Å². The Kier molecular flexibility index (Phi) is 10.2. The summed E-state index contributed by atoms with van der Waals surface area (Å²) >= 11 is 0. The quantitative estimate of drug-likeness (QED) is 0.449. The molecule has 0 aromatic carbocycles. The summed E-state index contributed by atoms with van der Waals surface area (Å²) in [5.74, 6) is -4.38. The number of aliphatic carboxylic acids is 2. The molecule has 0 rings (SSSR count). The number of hydrogen-bond acceptors (Lipinski definition) is 3. The van der Waals surface area contributed by atoms with E-state index in [9.17, 15) is 19.8 Å². The largest absolute Gasteiger partial charge is 0.481 e. The average molecular weight is 325 g/mol. The van der Waals surface area contributed by atoms with Crippen LogP contribution in [-0.2, 0) is 9.59 Å². The van der Waals surface area contributed by atoms with Crippen LogP contribution in [0.4, 0.5) is 0 Å². The van der Waals surface area contributed by atoms with E-state index >= 15 is 0 Å². The molecule has 0 aromatic rings. The van der Waals surface area contributed by atoms with Gasteiger partial charge in [-0.15, -0.1) is 0 Å². The van der Waals surface area contributed by atoms with Crippen molar-refractivity contribution >= 4 is 11.9 Å². The predicted molar refractivity (Wildman–Crippen MR) is 92.5 cm³/mol. The Hall–Kier alpha value is -1.62. The number of hydrogen-bond donors (Lipinski definition) is 2. The maximum absolute atomic E-state index is 11.3. The third-order valence-electron chi connectivity index (χ3n) is 3.69. The molecule has 0 saturated heterocycles. The van der Waals surface area contributed by atoms with Crippen molar-refractivity contribution in [3.8, 4) is 0 Å². The van der Waals surface area contributed by atoms with Crippen LogP contribution in [-0.4, -0.2) is 47.7 Å². The number of nitrogens with zero attached hydrogens (tertiary/aromatic N) is 1. The predicted octanol–water partition coefficient (Wildman–Crippen LogP) is 3.42. The lowest BCUT2D eigenvalue weighted by Gasteiger charge is -2.20. The smallest absolute Gasteiger partial charge is 0.318 e. The van der Waals surface area contributed by atoms with Gasteiger partial charge >= 0.3 is 11.9 Å². The maximum atomic E-state index is 11.3. The van der Waals surface area contributed by atoms with Gasteiger partial charge in [-0.05, 0) is 67.1 Å². The molecule has 0 amide bonds. The van der Waals surface area contributed by atoms with E-state index in [1.165, 1.54) is 5.57 Å². The van der Waals surface area contributed by atoms with Gasteiger partial charge in [-0.3, -0.25) is 9.59 Å². The second-order valence-electron chi connectivity index (χ2n) is 6.60. The fourth-order valence-corrected chi connectivity index (χ4v) is 2.50. The van der Waals surface area contributed by atoms with E-state index in [-0.39, 0.29) is 0 Å². The molecule has 0 radical (unpaired) electrons. The molecular weight excluding hydrogens is 294 g/mol. The highest BCUT2D eigenvalue weighted by atomic mass is 16.4. The van der Waals surface area contributed by atoms with E-state index in [1.807, 2.05) is 45.8 Å². The molecule has 23 heavy (non-hydrogen) atoms. The van der Waals surface area contributed by atoms with Gasteiger partial charge in [0.1, 0.15) is 0 Å². The van der Waals surface area contributed by atoms with Crippen LogP contribution in [0.2, 0.25) is 0 Å². The molecule has 0 saturated carbocycles. The summed E-state index contributed by atoms with van der Waals surface area (Å²) in [4.78, 5) is 24.7. The zero-order valence-electron chi connectivity index (χ0n) is 15.0. The van der Waals surface area contributed by atoms with E-state index in [4.69, 9.17) is 0 Å². The van der Waals surface area contributed by atoms with E-state index in [0.29, 0.717) is 6.42 Å². The van der Waals surface area contributed by atoms with Crippen molar-refractivity contribution in [3.05, 3.63) is 23.3 Å². The van der Waals surface area contributed by atoms with Crippen molar-refractivity contribution in [2.75, 3.05) is 20.6 Å². The summed E-state index contributed by atoms with van der Waals surface area (Å²) in [7, 11) is 3.89. The molecule has 0 aliphatic rings. The van der Waals surface area contributed by atoms with Crippen LogP contribution in [0.3, 0.4) is 0 Å². The summed E-state index contributed by atoms with van der Waals surface area (Å²) in [5.41, 5.74) is 2.29. The molecule has 5 heteroatoms. The summed E-state index contributed by atoms with van der Waals surface area (Å²) < 4.78 is 0. The lowest BCUT2D eigenvalue weighted by atomic mass is 9.86. The van der Waals surface area contributed by atoms with Crippen LogP contribution in [0.15, 0.2) is 23.3 Å². The van der Waals surface area contributed by atoms with Crippen molar-refractivity contribution in [3.63, 3.8) is 0 Å². The normalized spacial score (nSPS) is 13.3. The lowest BCUT2D eigenvalue weighted by molar-refractivity contribution is -0.156. The molecular formula is C18H31NO4. The van der Waals surface area contributed by atoms with Gasteiger partial charge in [-0.25, -0.2) is 0 Å².